The number of anilines is 2. The van der Waals surface area contributed by atoms with Crippen LogP contribution in [0.2, 0.25) is 10.0 Å². The van der Waals surface area contributed by atoms with Gasteiger partial charge in [-0.3, -0.25) is 9.78 Å². The van der Waals surface area contributed by atoms with Gasteiger partial charge < -0.3 is 20.5 Å². The number of carbonyl (C=O) groups is 1. The standard InChI is InChI=1S/C30H33Cl2N7O/c31-24-9-8-23(25(32)17-24)20-34-29(40)26(16-21-6-2-1-3-7-21)36-27-18-28(39-14-4-5-15-39)38-30(37-27)35-19-22-10-12-33-13-11-22/h4-5,8-15,17-18,21,26H,1-3,6-7,16,19-20H2,(H,34,40)(H2,35,36,37,38)/t26-/m1/s1. The van der Waals surface area contributed by atoms with Gasteiger partial charge in [0.15, 0.2) is 0 Å². The number of amides is 1. The molecule has 1 fully saturated rings. The SMILES string of the molecule is O=C(NCc1ccc(Cl)cc1Cl)[C@@H](CC1CCCCC1)Nc1cc(-n2cccc2)nc(NCc2ccncc2)n1. The van der Waals surface area contributed by atoms with E-state index < -0.39 is 6.04 Å². The van der Waals surface area contributed by atoms with Gasteiger partial charge in [-0.15, -0.1) is 0 Å². The van der Waals surface area contributed by atoms with Crippen LogP contribution in [0.5, 0.6) is 0 Å². The zero-order valence-corrected chi connectivity index (χ0v) is 23.7. The van der Waals surface area contributed by atoms with Crippen molar-refractivity contribution in [1.82, 2.24) is 24.8 Å². The van der Waals surface area contributed by atoms with Gasteiger partial charge in [-0.1, -0.05) is 61.4 Å². The van der Waals surface area contributed by atoms with Crippen molar-refractivity contribution < 1.29 is 4.79 Å². The third-order valence-electron chi connectivity index (χ3n) is 7.18. The summed E-state index contributed by atoms with van der Waals surface area (Å²) in [7, 11) is 0. The number of rotatable bonds is 11. The molecular weight excluding hydrogens is 545 g/mol. The van der Waals surface area contributed by atoms with E-state index in [0.717, 1.165) is 30.4 Å². The molecule has 1 aromatic carbocycles. The Kier molecular flexibility index (Phi) is 9.52. The van der Waals surface area contributed by atoms with E-state index in [9.17, 15) is 4.79 Å². The van der Waals surface area contributed by atoms with Gasteiger partial charge in [0.1, 0.15) is 17.7 Å². The number of halogens is 2. The lowest BCUT2D eigenvalue weighted by Crippen LogP contribution is -2.41. The van der Waals surface area contributed by atoms with Gasteiger partial charge in [-0.2, -0.15) is 9.97 Å². The lowest BCUT2D eigenvalue weighted by atomic mass is 9.84. The van der Waals surface area contributed by atoms with Crippen LogP contribution in [0.4, 0.5) is 11.8 Å². The molecule has 0 unspecified atom stereocenters. The van der Waals surface area contributed by atoms with Gasteiger partial charge in [0.05, 0.1) is 0 Å². The van der Waals surface area contributed by atoms with Crippen molar-refractivity contribution in [2.45, 2.75) is 57.7 Å². The van der Waals surface area contributed by atoms with Crippen molar-refractivity contribution in [3.05, 3.63) is 94.5 Å². The van der Waals surface area contributed by atoms with Gasteiger partial charge in [-0.05, 0) is 59.9 Å². The fourth-order valence-corrected chi connectivity index (χ4v) is 5.50. The number of hydrogen-bond acceptors (Lipinski definition) is 6. The number of aromatic nitrogens is 4. The topological polar surface area (TPSA) is 96.8 Å². The van der Waals surface area contributed by atoms with Gasteiger partial charge in [0.2, 0.25) is 11.9 Å². The molecule has 3 N–H and O–H groups in total. The highest BCUT2D eigenvalue weighted by Crippen LogP contribution is 2.29. The summed E-state index contributed by atoms with van der Waals surface area (Å²) >= 11 is 12.4. The molecule has 3 aromatic heterocycles. The number of nitrogens with one attached hydrogen (secondary N) is 3. The van der Waals surface area contributed by atoms with Crippen LogP contribution in [0.1, 0.15) is 49.7 Å². The van der Waals surface area contributed by atoms with E-state index in [4.69, 9.17) is 33.2 Å². The van der Waals surface area contributed by atoms with Crippen molar-refractivity contribution in [3.8, 4) is 5.82 Å². The Labute approximate surface area is 244 Å². The Morgan fingerprint density at radius 2 is 1.75 bits per heavy atom. The fraction of sp³-hybridized carbons (Fsp3) is 0.333. The average molecular weight is 579 g/mol. The van der Waals surface area contributed by atoms with Gasteiger partial charge in [0, 0.05) is 54.0 Å². The first-order chi connectivity index (χ1) is 19.5. The largest absolute Gasteiger partial charge is 0.358 e. The first-order valence-corrected chi connectivity index (χ1v) is 14.4. The second kappa shape index (κ2) is 13.6. The molecule has 8 nitrogen and oxygen atoms in total. The fourth-order valence-electron chi connectivity index (χ4n) is 5.03. The van der Waals surface area contributed by atoms with Gasteiger partial charge in [-0.25, -0.2) is 0 Å². The summed E-state index contributed by atoms with van der Waals surface area (Å²) in [6, 6.07) is 14.5. The minimum absolute atomic E-state index is 0.0935. The molecule has 1 amide bonds. The second-order valence-electron chi connectivity index (χ2n) is 10.1. The second-order valence-corrected chi connectivity index (χ2v) is 11.0. The van der Waals surface area contributed by atoms with Crippen LogP contribution in [0.15, 0.2) is 73.3 Å². The van der Waals surface area contributed by atoms with E-state index in [-0.39, 0.29) is 5.91 Å². The molecule has 4 aromatic rings. The van der Waals surface area contributed by atoms with Crippen LogP contribution < -0.4 is 16.0 Å². The van der Waals surface area contributed by atoms with E-state index in [1.165, 1.54) is 19.3 Å². The quantitative estimate of drug-likeness (QED) is 0.185. The maximum absolute atomic E-state index is 13.6. The van der Waals surface area contributed by atoms with Crippen molar-refractivity contribution >= 4 is 40.9 Å². The van der Waals surface area contributed by atoms with Crippen molar-refractivity contribution in [2.24, 2.45) is 5.92 Å². The summed E-state index contributed by atoms with van der Waals surface area (Å²) in [5, 5.41) is 10.9. The number of pyridine rings is 1. The molecule has 1 saturated carbocycles. The lowest BCUT2D eigenvalue weighted by Gasteiger charge is -2.27. The van der Waals surface area contributed by atoms with E-state index >= 15 is 0 Å². The molecule has 5 rings (SSSR count). The van der Waals surface area contributed by atoms with E-state index in [2.05, 4.69) is 20.9 Å². The van der Waals surface area contributed by atoms with Crippen molar-refractivity contribution in [1.29, 1.82) is 0 Å². The summed E-state index contributed by atoms with van der Waals surface area (Å²) < 4.78 is 1.92. The van der Waals surface area contributed by atoms with E-state index in [1.807, 2.05) is 53.4 Å². The molecule has 1 aliphatic rings. The van der Waals surface area contributed by atoms with Crippen molar-refractivity contribution in [2.75, 3.05) is 10.6 Å². The molecule has 10 heteroatoms. The summed E-state index contributed by atoms with van der Waals surface area (Å²) in [5.41, 5.74) is 1.88. The number of nitrogens with zero attached hydrogens (tertiary/aromatic N) is 4. The molecule has 0 bridgehead atoms. The third-order valence-corrected chi connectivity index (χ3v) is 7.77. The van der Waals surface area contributed by atoms with E-state index in [0.29, 0.717) is 46.6 Å². The summed E-state index contributed by atoms with van der Waals surface area (Å²) in [6.45, 7) is 0.861. The Hall–Kier alpha value is -3.62. The molecule has 3 heterocycles. The highest BCUT2D eigenvalue weighted by molar-refractivity contribution is 6.35. The zero-order valence-electron chi connectivity index (χ0n) is 22.2. The molecule has 1 aliphatic carbocycles. The maximum Gasteiger partial charge on any atom is 0.242 e. The molecule has 0 aliphatic heterocycles. The average Bonchev–Trinajstić information content (AvgIpc) is 3.52. The molecule has 40 heavy (non-hydrogen) atoms. The van der Waals surface area contributed by atoms with Gasteiger partial charge >= 0.3 is 0 Å². The lowest BCUT2D eigenvalue weighted by molar-refractivity contribution is -0.122. The molecule has 0 radical (unpaired) electrons. The zero-order chi connectivity index (χ0) is 27.7. The Morgan fingerprint density at radius 1 is 0.975 bits per heavy atom. The number of benzene rings is 1. The predicted molar refractivity (Wildman–Crippen MR) is 160 cm³/mol. The molecular formula is C30H33Cl2N7O. The molecule has 0 spiro atoms. The summed E-state index contributed by atoms with van der Waals surface area (Å²) in [6.07, 6.45) is 14.0. The monoisotopic (exact) mass is 577 g/mol. The number of hydrogen-bond donors (Lipinski definition) is 3. The van der Waals surface area contributed by atoms with Crippen LogP contribution in [-0.4, -0.2) is 31.5 Å². The summed E-state index contributed by atoms with van der Waals surface area (Å²) in [4.78, 5) is 27.1. The number of carbonyl (C=O) groups excluding carboxylic acids is 1. The Morgan fingerprint density at radius 3 is 2.50 bits per heavy atom. The first kappa shape index (κ1) is 27.9. The van der Waals surface area contributed by atoms with Crippen LogP contribution in [0.3, 0.4) is 0 Å². The van der Waals surface area contributed by atoms with Crippen LogP contribution in [0.25, 0.3) is 5.82 Å². The smallest absolute Gasteiger partial charge is 0.242 e. The minimum Gasteiger partial charge on any atom is -0.358 e. The van der Waals surface area contributed by atoms with E-state index in [1.54, 1.807) is 24.5 Å². The highest BCUT2D eigenvalue weighted by atomic mass is 35.5. The van der Waals surface area contributed by atoms with Crippen molar-refractivity contribution in [3.63, 3.8) is 0 Å². The highest BCUT2D eigenvalue weighted by Gasteiger charge is 2.25. The first-order valence-electron chi connectivity index (χ1n) is 13.7. The molecule has 208 valence electrons. The minimum atomic E-state index is -0.463. The third kappa shape index (κ3) is 7.73. The normalized spacial score (nSPS) is 14.4. The molecule has 0 saturated heterocycles. The Bertz CT molecular complexity index is 1390. The van der Waals surface area contributed by atoms with Crippen LogP contribution in [-0.2, 0) is 17.9 Å². The maximum atomic E-state index is 13.6. The van der Waals surface area contributed by atoms with Gasteiger partial charge in [0.25, 0.3) is 0 Å². The molecule has 1 atom stereocenters. The Balaban J connectivity index is 1.36. The predicted octanol–water partition coefficient (Wildman–Crippen LogP) is 6.65. The van der Waals surface area contributed by atoms with Crippen LogP contribution in [0, 0.1) is 5.92 Å². The van der Waals surface area contributed by atoms with Crippen LogP contribution >= 0.6 is 23.2 Å². The summed E-state index contributed by atoms with van der Waals surface area (Å²) in [5.74, 6) is 2.13.